The number of hydrogen-bond donors (Lipinski definition) is 1. The summed E-state index contributed by atoms with van der Waals surface area (Å²) in [6.45, 7) is 1.21. The predicted molar refractivity (Wildman–Crippen MR) is 137 cm³/mol. The van der Waals surface area contributed by atoms with E-state index in [1.54, 1.807) is 20.3 Å². The Balaban J connectivity index is 1.48. The van der Waals surface area contributed by atoms with E-state index in [1.165, 1.54) is 16.2 Å². The Labute approximate surface area is 208 Å². The highest BCUT2D eigenvalue weighted by molar-refractivity contribution is 7.21. The van der Waals surface area contributed by atoms with Crippen LogP contribution in [0.5, 0.6) is 0 Å². The van der Waals surface area contributed by atoms with Gasteiger partial charge in [-0.15, -0.1) is 11.3 Å². The second-order valence-corrected chi connectivity index (χ2v) is 10.0. The fourth-order valence-corrected chi connectivity index (χ4v) is 5.75. The molecule has 9 heteroatoms. The molecular formula is C26H28N6O2S. The molecule has 0 spiro atoms. The third-order valence-corrected chi connectivity index (χ3v) is 7.56. The number of carbonyl (C=O) groups is 2. The molecule has 180 valence electrons. The molecule has 4 aromatic rings. The molecule has 1 aromatic carbocycles. The van der Waals surface area contributed by atoms with Gasteiger partial charge >= 0.3 is 0 Å². The number of nitrogens with two attached hydrogens (primary N) is 1. The normalized spacial score (nSPS) is 15.9. The number of fused-ring (bicyclic) bond motifs is 1. The van der Waals surface area contributed by atoms with Gasteiger partial charge in [-0.3, -0.25) is 14.3 Å². The first-order chi connectivity index (χ1) is 16.9. The van der Waals surface area contributed by atoms with Crippen LogP contribution < -0.4 is 5.73 Å². The SMILES string of the molecule is CN(C)C(=O)c1sc2nc([C@@H]3CCCCN3C(=O)c3ccccc3Cn3cccn3)ccc2c1N. The zero-order chi connectivity index (χ0) is 24.5. The number of piperidine rings is 1. The van der Waals surface area contributed by atoms with Gasteiger partial charge in [-0.2, -0.15) is 5.10 Å². The smallest absolute Gasteiger partial charge is 0.265 e. The lowest BCUT2D eigenvalue weighted by Gasteiger charge is -2.36. The van der Waals surface area contributed by atoms with Crippen molar-refractivity contribution in [1.82, 2.24) is 24.6 Å². The Hall–Kier alpha value is -3.72. The highest BCUT2D eigenvalue weighted by atomic mass is 32.1. The summed E-state index contributed by atoms with van der Waals surface area (Å²) < 4.78 is 1.82. The van der Waals surface area contributed by atoms with E-state index >= 15 is 0 Å². The van der Waals surface area contributed by atoms with Crippen molar-refractivity contribution in [3.8, 4) is 0 Å². The summed E-state index contributed by atoms with van der Waals surface area (Å²) in [6.07, 6.45) is 6.46. The predicted octanol–water partition coefficient (Wildman–Crippen LogP) is 4.19. The van der Waals surface area contributed by atoms with Gasteiger partial charge in [0.1, 0.15) is 9.71 Å². The molecule has 1 aliphatic rings. The van der Waals surface area contributed by atoms with Crippen molar-refractivity contribution in [2.75, 3.05) is 26.4 Å². The van der Waals surface area contributed by atoms with Crippen molar-refractivity contribution in [2.45, 2.75) is 31.8 Å². The zero-order valence-electron chi connectivity index (χ0n) is 19.8. The Kier molecular flexibility index (Phi) is 6.25. The van der Waals surface area contributed by atoms with E-state index in [2.05, 4.69) is 5.10 Å². The fraction of sp³-hybridized carbons (Fsp3) is 0.308. The molecule has 2 N–H and O–H groups in total. The summed E-state index contributed by atoms with van der Waals surface area (Å²) in [5.74, 6) is -0.121. The second kappa shape index (κ2) is 9.50. The molecular weight excluding hydrogens is 460 g/mol. The summed E-state index contributed by atoms with van der Waals surface area (Å²) in [7, 11) is 3.42. The van der Waals surface area contributed by atoms with Gasteiger partial charge in [0.25, 0.3) is 11.8 Å². The minimum Gasteiger partial charge on any atom is -0.397 e. The number of amides is 2. The monoisotopic (exact) mass is 488 g/mol. The topological polar surface area (TPSA) is 97.4 Å². The molecule has 0 bridgehead atoms. The number of carbonyl (C=O) groups excluding carboxylic acids is 2. The molecule has 2 amide bonds. The number of nitrogen functional groups attached to an aromatic ring is 1. The number of thiophene rings is 1. The minimum absolute atomic E-state index is 0.00789. The Morgan fingerprint density at radius 1 is 1.14 bits per heavy atom. The van der Waals surface area contributed by atoms with Crippen LogP contribution >= 0.6 is 11.3 Å². The van der Waals surface area contributed by atoms with Crippen LogP contribution in [-0.4, -0.2) is 57.0 Å². The van der Waals surface area contributed by atoms with Crippen LogP contribution in [0, 0.1) is 0 Å². The molecule has 0 saturated carbocycles. The van der Waals surface area contributed by atoms with E-state index in [0.29, 0.717) is 29.2 Å². The molecule has 35 heavy (non-hydrogen) atoms. The lowest BCUT2D eigenvalue weighted by atomic mass is 9.96. The quantitative estimate of drug-likeness (QED) is 0.454. The van der Waals surface area contributed by atoms with Crippen LogP contribution in [0.3, 0.4) is 0 Å². The minimum atomic E-state index is -0.130. The molecule has 3 aromatic heterocycles. The second-order valence-electron chi connectivity index (χ2n) is 9.00. The maximum atomic E-state index is 13.8. The molecule has 4 heterocycles. The average Bonchev–Trinajstić information content (AvgIpc) is 3.51. The maximum absolute atomic E-state index is 13.8. The number of likely N-dealkylation sites (tertiary alicyclic amines) is 1. The van der Waals surface area contributed by atoms with Gasteiger partial charge in [0.15, 0.2) is 0 Å². The molecule has 0 aliphatic carbocycles. The van der Waals surface area contributed by atoms with Gasteiger partial charge in [-0.1, -0.05) is 18.2 Å². The van der Waals surface area contributed by atoms with Gasteiger partial charge < -0.3 is 15.5 Å². The first kappa shape index (κ1) is 23.0. The van der Waals surface area contributed by atoms with E-state index in [0.717, 1.165) is 40.7 Å². The third kappa shape index (κ3) is 4.39. The molecule has 1 fully saturated rings. The van der Waals surface area contributed by atoms with E-state index in [-0.39, 0.29) is 17.9 Å². The van der Waals surface area contributed by atoms with Crippen LogP contribution in [0.1, 0.15) is 56.6 Å². The van der Waals surface area contributed by atoms with E-state index in [9.17, 15) is 9.59 Å². The number of nitrogens with zero attached hydrogens (tertiary/aromatic N) is 5. The molecule has 0 unspecified atom stereocenters. The van der Waals surface area contributed by atoms with Gasteiger partial charge in [0.2, 0.25) is 0 Å². The number of aromatic nitrogens is 3. The molecule has 1 saturated heterocycles. The third-order valence-electron chi connectivity index (χ3n) is 6.46. The summed E-state index contributed by atoms with van der Waals surface area (Å²) in [5, 5.41) is 5.07. The molecule has 5 rings (SSSR count). The fourth-order valence-electron chi connectivity index (χ4n) is 4.63. The van der Waals surface area contributed by atoms with Crippen molar-refractivity contribution >= 4 is 39.1 Å². The number of hydrogen-bond acceptors (Lipinski definition) is 6. The number of pyridine rings is 1. The van der Waals surface area contributed by atoms with E-state index < -0.39 is 0 Å². The lowest BCUT2D eigenvalue weighted by molar-refractivity contribution is 0.0605. The Morgan fingerprint density at radius 3 is 2.74 bits per heavy atom. The van der Waals surface area contributed by atoms with Crippen LogP contribution in [0.4, 0.5) is 5.69 Å². The van der Waals surface area contributed by atoms with Crippen molar-refractivity contribution in [1.29, 1.82) is 0 Å². The van der Waals surface area contributed by atoms with Crippen LogP contribution in [0.15, 0.2) is 54.9 Å². The van der Waals surface area contributed by atoms with Crippen LogP contribution in [0.25, 0.3) is 10.2 Å². The maximum Gasteiger partial charge on any atom is 0.265 e. The van der Waals surface area contributed by atoms with Gasteiger partial charge in [0, 0.05) is 44.0 Å². The average molecular weight is 489 g/mol. The van der Waals surface area contributed by atoms with Crippen molar-refractivity contribution < 1.29 is 9.59 Å². The van der Waals surface area contributed by atoms with Crippen LogP contribution in [0.2, 0.25) is 0 Å². The summed E-state index contributed by atoms with van der Waals surface area (Å²) in [4.78, 5) is 35.9. The lowest BCUT2D eigenvalue weighted by Crippen LogP contribution is -2.39. The number of rotatable bonds is 5. The summed E-state index contributed by atoms with van der Waals surface area (Å²) >= 11 is 1.31. The van der Waals surface area contributed by atoms with E-state index in [1.807, 2.05) is 58.2 Å². The first-order valence-electron chi connectivity index (χ1n) is 11.7. The summed E-state index contributed by atoms with van der Waals surface area (Å²) in [6, 6.07) is 13.3. The highest BCUT2D eigenvalue weighted by Gasteiger charge is 2.31. The zero-order valence-corrected chi connectivity index (χ0v) is 20.7. The van der Waals surface area contributed by atoms with Crippen molar-refractivity contribution in [2.24, 2.45) is 0 Å². The standard InChI is InChI=1S/C26H28N6O2S/c1-30(2)26(34)23-22(27)19-11-12-20(29-24(19)35-23)21-10-5-6-15-32(21)25(33)18-9-4-3-8-17(18)16-31-14-7-13-28-31/h3-4,7-9,11-14,21H,5-6,10,15-16,27H2,1-2H3/t21-/m0/s1. The molecule has 8 nitrogen and oxygen atoms in total. The van der Waals surface area contributed by atoms with Gasteiger partial charge in [-0.25, -0.2) is 4.98 Å². The highest BCUT2D eigenvalue weighted by Crippen LogP contribution is 2.37. The first-order valence-corrected chi connectivity index (χ1v) is 12.5. The molecule has 1 aliphatic heterocycles. The van der Waals surface area contributed by atoms with Crippen molar-refractivity contribution in [3.63, 3.8) is 0 Å². The Morgan fingerprint density at radius 2 is 1.97 bits per heavy atom. The molecule has 0 radical (unpaired) electrons. The largest absolute Gasteiger partial charge is 0.397 e. The molecule has 1 atom stereocenters. The van der Waals surface area contributed by atoms with E-state index in [4.69, 9.17) is 10.7 Å². The van der Waals surface area contributed by atoms with Crippen LogP contribution in [-0.2, 0) is 6.54 Å². The van der Waals surface area contributed by atoms with Gasteiger partial charge in [-0.05, 0) is 49.1 Å². The van der Waals surface area contributed by atoms with Gasteiger partial charge in [0.05, 0.1) is 24.0 Å². The summed E-state index contributed by atoms with van der Waals surface area (Å²) in [5.41, 5.74) is 9.21. The number of benzene rings is 1. The Bertz CT molecular complexity index is 1380. The van der Waals surface area contributed by atoms with Crippen molar-refractivity contribution in [3.05, 3.63) is 76.6 Å². The number of anilines is 1.